The average molecular weight is 794 g/mol. The van der Waals surface area contributed by atoms with Crippen molar-refractivity contribution in [1.82, 2.24) is 9.21 Å². The zero-order chi connectivity index (χ0) is 35.3. The van der Waals surface area contributed by atoms with E-state index in [-0.39, 0.29) is 17.4 Å². The summed E-state index contributed by atoms with van der Waals surface area (Å²) in [4.78, 5) is 41.3. The Hall–Kier alpha value is -2.02. The van der Waals surface area contributed by atoms with E-state index in [1.54, 1.807) is 18.2 Å². The summed E-state index contributed by atoms with van der Waals surface area (Å²) in [6, 6.07) is 7.95. The first-order valence-electron chi connectivity index (χ1n) is 15.6. The number of quaternary nitrogens is 1. The maximum Gasteiger partial charge on any atom is 0.352 e. The molecule has 266 valence electrons. The molecule has 5 rings (SSSR count). The third-order valence-electron chi connectivity index (χ3n) is 8.65. The number of benzene rings is 1. The van der Waals surface area contributed by atoms with Gasteiger partial charge in [0.05, 0.1) is 43.5 Å². The van der Waals surface area contributed by atoms with Gasteiger partial charge in [-0.2, -0.15) is 8.42 Å². The van der Waals surface area contributed by atoms with Crippen molar-refractivity contribution < 1.29 is 46.2 Å². The minimum Gasteiger partial charge on any atom is -0.477 e. The van der Waals surface area contributed by atoms with E-state index in [4.69, 9.17) is 32.5 Å². The van der Waals surface area contributed by atoms with Crippen LogP contribution >= 0.6 is 58.7 Å². The molecule has 2 saturated heterocycles. The van der Waals surface area contributed by atoms with E-state index >= 15 is 0 Å². The number of nitrogens with zero attached hydrogens (tertiary/aromatic N) is 4. The average Bonchev–Trinajstić information content (AvgIpc) is 3.05. The molecule has 3 aliphatic rings. The number of hydrogen-bond acceptors (Lipinski definition) is 9. The number of rotatable bonds is 15. The van der Waals surface area contributed by atoms with Crippen LogP contribution in [0.25, 0.3) is 0 Å². The Balaban J connectivity index is 1.18. The first-order chi connectivity index (χ1) is 23.3. The molecule has 3 aliphatic heterocycles. The van der Waals surface area contributed by atoms with Crippen molar-refractivity contribution in [2.45, 2.75) is 47.5 Å². The van der Waals surface area contributed by atoms with Gasteiger partial charge in [-0.1, -0.05) is 23.2 Å². The van der Waals surface area contributed by atoms with Crippen LogP contribution in [0.4, 0.5) is 0 Å². The lowest BCUT2D eigenvalue weighted by molar-refractivity contribution is -0.937. The molecule has 0 unspecified atom stereocenters. The minimum absolute atomic E-state index is 0.0328. The minimum atomic E-state index is -3.98. The standard InChI is InChI=1S/C31H36Cl2N4O8S4/c1-21(38)36(48-26-18-23(32)4-5-25(26)33)28-29(39)35-27(31(40)41)22(20-47-30(28)35)19-46-24-6-9-34(10-7-24)8-2-11-37(13-15-45-16-14-37)12-3-17-49(42,43)44/h4-7,9-10,18,28,30H,2-3,8,11-17,19-20H2,1H3/p+2/t28-,30+/m0/s1. The molecule has 18 heteroatoms. The first kappa shape index (κ1) is 38.2. The fraction of sp³-hybridized carbons (Fsp3) is 0.484. The number of hydrogen-bond donors (Lipinski definition) is 2. The molecular formula is C31H38Cl2N4O8S4+2. The van der Waals surface area contributed by atoms with E-state index < -0.39 is 33.4 Å². The third-order valence-corrected chi connectivity index (χ3v) is 13.8. The molecule has 49 heavy (non-hydrogen) atoms. The zero-order valence-corrected chi connectivity index (χ0v) is 31.5. The summed E-state index contributed by atoms with van der Waals surface area (Å²) in [5.74, 6) is -1.46. The lowest BCUT2D eigenvalue weighted by Crippen LogP contribution is -2.70. The van der Waals surface area contributed by atoms with Gasteiger partial charge in [-0.3, -0.25) is 23.3 Å². The quantitative estimate of drug-likeness (QED) is 0.0673. The molecule has 4 heterocycles. The predicted molar refractivity (Wildman–Crippen MR) is 190 cm³/mol. The number of halogens is 2. The van der Waals surface area contributed by atoms with Crippen molar-refractivity contribution in [3.8, 4) is 0 Å². The van der Waals surface area contributed by atoms with Crippen LogP contribution < -0.4 is 4.57 Å². The second-order valence-electron chi connectivity index (χ2n) is 12.0. The van der Waals surface area contributed by atoms with Crippen LogP contribution in [0.2, 0.25) is 10.0 Å². The number of β-lactam (4-membered cyclic amide) rings is 1. The van der Waals surface area contributed by atoms with E-state index in [1.165, 1.54) is 39.7 Å². The van der Waals surface area contributed by atoms with Gasteiger partial charge in [0.25, 0.3) is 16.0 Å². The SMILES string of the molecule is CC(=O)N(Sc1cc(Cl)ccc1Cl)[C@H]1C(=O)N2C(C(=O)O)=C(CSc3cc[n+](CCC[N+]4(CCCS(=O)(=O)O)CCOCC4)cc3)CS[C@H]12. The summed E-state index contributed by atoms with van der Waals surface area (Å²) in [5.41, 5.74) is 0.602. The number of carbonyl (C=O) groups excluding carboxylic acids is 2. The molecule has 2 N–H and O–H groups in total. The summed E-state index contributed by atoms with van der Waals surface area (Å²) in [5, 5.41) is 10.4. The van der Waals surface area contributed by atoms with Crippen LogP contribution in [-0.2, 0) is 35.8 Å². The normalized spacial score (nSPS) is 20.5. The van der Waals surface area contributed by atoms with Gasteiger partial charge in [0.1, 0.15) is 24.2 Å². The largest absolute Gasteiger partial charge is 0.477 e. The second kappa shape index (κ2) is 16.5. The van der Waals surface area contributed by atoms with Crippen molar-refractivity contribution in [1.29, 1.82) is 0 Å². The molecule has 2 fully saturated rings. The van der Waals surface area contributed by atoms with E-state index in [2.05, 4.69) is 4.57 Å². The zero-order valence-electron chi connectivity index (χ0n) is 26.7. The van der Waals surface area contributed by atoms with Crippen molar-refractivity contribution in [2.75, 3.05) is 56.7 Å². The maximum absolute atomic E-state index is 13.5. The third kappa shape index (κ3) is 9.65. The Morgan fingerprint density at radius 1 is 1.14 bits per heavy atom. The Morgan fingerprint density at radius 3 is 2.49 bits per heavy atom. The number of morpholine rings is 1. The summed E-state index contributed by atoms with van der Waals surface area (Å²) in [6.07, 6.45) is 5.24. The number of fused-ring (bicyclic) bond motifs is 1. The highest BCUT2D eigenvalue weighted by atomic mass is 35.5. The molecule has 2 amide bonds. The van der Waals surface area contributed by atoms with Crippen LogP contribution in [0.1, 0.15) is 19.8 Å². The van der Waals surface area contributed by atoms with Crippen LogP contribution in [0.15, 0.2) is 63.8 Å². The smallest absolute Gasteiger partial charge is 0.352 e. The second-order valence-corrected chi connectivity index (χ2v) is 17.6. The topological polar surface area (TPSA) is 145 Å². The van der Waals surface area contributed by atoms with E-state index in [1.807, 2.05) is 24.5 Å². The highest BCUT2D eigenvalue weighted by Crippen LogP contribution is 2.46. The molecule has 12 nitrogen and oxygen atoms in total. The van der Waals surface area contributed by atoms with Crippen LogP contribution in [0.5, 0.6) is 0 Å². The number of pyridine rings is 1. The monoisotopic (exact) mass is 792 g/mol. The van der Waals surface area contributed by atoms with Crippen LogP contribution in [0.3, 0.4) is 0 Å². The number of carboxylic acids is 1. The lowest BCUT2D eigenvalue weighted by atomic mass is 10.0. The molecule has 0 saturated carbocycles. The maximum atomic E-state index is 13.5. The van der Waals surface area contributed by atoms with E-state index in [9.17, 15) is 27.9 Å². The van der Waals surface area contributed by atoms with Gasteiger partial charge in [0.15, 0.2) is 25.0 Å². The van der Waals surface area contributed by atoms with Gasteiger partial charge in [0, 0.05) is 51.8 Å². The molecule has 0 spiro atoms. The number of aromatic nitrogens is 1. The predicted octanol–water partition coefficient (Wildman–Crippen LogP) is 4.07. The number of carboxylic acid groups (broad SMARTS) is 1. The first-order valence-corrected chi connectivity index (χ1v) is 20.8. The Morgan fingerprint density at radius 2 is 1.84 bits per heavy atom. The number of thioether (sulfide) groups is 2. The van der Waals surface area contributed by atoms with Gasteiger partial charge < -0.3 is 14.3 Å². The van der Waals surface area contributed by atoms with Gasteiger partial charge in [0.2, 0.25) is 5.91 Å². The molecule has 1 aromatic heterocycles. The summed E-state index contributed by atoms with van der Waals surface area (Å²) in [7, 11) is -3.98. The lowest BCUT2D eigenvalue weighted by Gasteiger charge is -2.52. The molecule has 0 aliphatic carbocycles. The van der Waals surface area contributed by atoms with Gasteiger partial charge in [-0.05, 0) is 35.7 Å². The molecule has 1 aromatic carbocycles. The van der Waals surface area contributed by atoms with Crippen LogP contribution in [-0.4, -0.2) is 118 Å². The highest BCUT2D eigenvalue weighted by Gasteiger charge is 2.57. The summed E-state index contributed by atoms with van der Waals surface area (Å²) >= 11 is 16.4. The number of ether oxygens (including phenoxy) is 1. The van der Waals surface area contributed by atoms with Gasteiger partial charge in [-0.15, -0.1) is 23.5 Å². The van der Waals surface area contributed by atoms with Crippen molar-refractivity contribution in [3.63, 3.8) is 0 Å². The molecular weight excluding hydrogens is 756 g/mol. The Labute approximate surface area is 308 Å². The van der Waals surface area contributed by atoms with Crippen molar-refractivity contribution in [3.05, 3.63) is 64.0 Å². The van der Waals surface area contributed by atoms with Gasteiger partial charge >= 0.3 is 5.97 Å². The van der Waals surface area contributed by atoms with E-state index in [0.29, 0.717) is 58.2 Å². The molecule has 2 atom stereocenters. The highest BCUT2D eigenvalue weighted by molar-refractivity contribution is 8.01. The molecule has 0 radical (unpaired) electrons. The Kier molecular flexibility index (Phi) is 12.9. The van der Waals surface area contributed by atoms with Crippen LogP contribution in [0, 0.1) is 0 Å². The number of aliphatic carboxylic acids is 1. The van der Waals surface area contributed by atoms with E-state index in [0.717, 1.165) is 53.9 Å². The number of amides is 2. The molecule has 0 bridgehead atoms. The summed E-state index contributed by atoms with van der Waals surface area (Å²) < 4.78 is 41.3. The molecule has 2 aromatic rings. The van der Waals surface area contributed by atoms with Crippen molar-refractivity contribution >= 4 is 86.6 Å². The fourth-order valence-corrected chi connectivity index (χ4v) is 10.6. The van der Waals surface area contributed by atoms with Gasteiger partial charge in [-0.25, -0.2) is 9.36 Å². The van der Waals surface area contributed by atoms with Crippen molar-refractivity contribution in [2.24, 2.45) is 0 Å². The fourth-order valence-electron chi connectivity index (χ4n) is 6.15. The number of carbonyl (C=O) groups is 3. The Bertz CT molecular complexity index is 1710. The summed E-state index contributed by atoms with van der Waals surface area (Å²) in [6.45, 7) is 6.56. The number of aryl methyl sites for hydroxylation is 1.